The van der Waals surface area contributed by atoms with Gasteiger partial charge in [-0.15, -0.1) is 0 Å². The first-order valence-electron chi connectivity index (χ1n) is 8.59. The number of carbonyl (C=O) groups excluding carboxylic acids is 2. The lowest BCUT2D eigenvalue weighted by atomic mass is 9.97. The maximum absolute atomic E-state index is 12.2. The number of esters is 2. The molecular weight excluding hydrogens is 336 g/mol. The van der Waals surface area contributed by atoms with Gasteiger partial charge in [-0.25, -0.2) is 4.79 Å². The van der Waals surface area contributed by atoms with Gasteiger partial charge < -0.3 is 18.9 Å². The molecule has 1 aliphatic rings. The van der Waals surface area contributed by atoms with E-state index in [0.29, 0.717) is 29.2 Å². The second kappa shape index (κ2) is 7.91. The number of methoxy groups -OCH3 is 1. The van der Waals surface area contributed by atoms with E-state index < -0.39 is 11.6 Å². The molecule has 6 nitrogen and oxygen atoms in total. The number of allylic oxidation sites excluding steroid dienone is 1. The lowest BCUT2D eigenvalue weighted by Gasteiger charge is -2.19. The quantitative estimate of drug-likeness (QED) is 0.321. The van der Waals surface area contributed by atoms with E-state index in [1.165, 1.54) is 0 Å². The van der Waals surface area contributed by atoms with Crippen molar-refractivity contribution in [2.75, 3.05) is 20.3 Å². The van der Waals surface area contributed by atoms with Crippen molar-refractivity contribution in [3.63, 3.8) is 0 Å². The Hall–Kier alpha value is -2.34. The van der Waals surface area contributed by atoms with E-state index in [9.17, 15) is 9.59 Å². The summed E-state index contributed by atoms with van der Waals surface area (Å²) in [6.07, 6.45) is 1.69. The number of carbonyl (C=O) groups is 2. The summed E-state index contributed by atoms with van der Waals surface area (Å²) in [5.41, 5.74) is 1.15. The monoisotopic (exact) mass is 362 g/mol. The highest BCUT2D eigenvalue weighted by molar-refractivity contribution is 5.89. The fourth-order valence-corrected chi connectivity index (χ4v) is 2.38. The van der Waals surface area contributed by atoms with Crippen molar-refractivity contribution in [2.45, 2.75) is 40.2 Å². The smallest absolute Gasteiger partial charge is 0.338 e. The zero-order valence-corrected chi connectivity index (χ0v) is 16.2. The molecule has 2 rings (SSSR count). The zero-order valence-electron chi connectivity index (χ0n) is 16.2. The van der Waals surface area contributed by atoms with Gasteiger partial charge in [0.2, 0.25) is 0 Å². The van der Waals surface area contributed by atoms with Crippen LogP contribution < -0.4 is 9.47 Å². The van der Waals surface area contributed by atoms with E-state index >= 15 is 0 Å². The van der Waals surface area contributed by atoms with E-state index in [-0.39, 0.29) is 18.5 Å². The molecule has 0 aromatic heterocycles. The molecule has 1 atom stereocenters. The first-order valence-corrected chi connectivity index (χ1v) is 8.59. The van der Waals surface area contributed by atoms with Crippen LogP contribution in [0.25, 0.3) is 0 Å². The minimum atomic E-state index is -0.815. The Balaban J connectivity index is 2.36. The van der Waals surface area contributed by atoms with E-state index in [1.807, 2.05) is 6.92 Å². The van der Waals surface area contributed by atoms with Crippen molar-refractivity contribution in [2.24, 2.45) is 5.92 Å². The minimum Gasteiger partial charge on any atom is -0.496 e. The van der Waals surface area contributed by atoms with Gasteiger partial charge in [0, 0.05) is 11.1 Å². The van der Waals surface area contributed by atoms with Crippen LogP contribution in [0, 0.1) is 12.8 Å². The molecule has 0 spiro atoms. The van der Waals surface area contributed by atoms with Crippen LogP contribution in [-0.2, 0) is 24.7 Å². The highest BCUT2D eigenvalue weighted by Gasteiger charge is 2.50. The Morgan fingerprint density at radius 3 is 2.46 bits per heavy atom. The molecule has 0 unspecified atom stereocenters. The van der Waals surface area contributed by atoms with Crippen molar-refractivity contribution in [3.05, 3.63) is 34.9 Å². The summed E-state index contributed by atoms with van der Waals surface area (Å²) in [5, 5.41) is 0. The molecule has 0 aliphatic carbocycles. The van der Waals surface area contributed by atoms with E-state index in [2.05, 4.69) is 0 Å². The number of aryl methyl sites for hydroxylation is 1. The summed E-state index contributed by atoms with van der Waals surface area (Å²) >= 11 is 0. The number of rotatable bonds is 7. The van der Waals surface area contributed by atoms with Crippen LogP contribution in [0.1, 0.15) is 38.8 Å². The summed E-state index contributed by atoms with van der Waals surface area (Å²) in [5.74, 6) is 0.0590. The Bertz CT molecular complexity index is 728. The van der Waals surface area contributed by atoms with E-state index in [4.69, 9.17) is 18.9 Å². The van der Waals surface area contributed by atoms with E-state index in [1.54, 1.807) is 53.0 Å². The van der Waals surface area contributed by atoms with Crippen LogP contribution in [0.5, 0.6) is 11.5 Å². The maximum Gasteiger partial charge on any atom is 0.338 e. The average Bonchev–Trinajstić information content (AvgIpc) is 3.39. The molecule has 1 saturated heterocycles. The molecule has 0 bridgehead atoms. The average molecular weight is 362 g/mol. The molecule has 0 radical (unpaired) electrons. The summed E-state index contributed by atoms with van der Waals surface area (Å²) in [7, 11) is 1.57. The van der Waals surface area contributed by atoms with Crippen molar-refractivity contribution < 1.29 is 28.5 Å². The summed E-state index contributed by atoms with van der Waals surface area (Å²) in [4.78, 5) is 24.0. The number of ether oxygens (including phenoxy) is 4. The lowest BCUT2D eigenvalue weighted by Crippen LogP contribution is -2.24. The minimum absolute atomic E-state index is 0.0589. The van der Waals surface area contributed by atoms with Gasteiger partial charge in [-0.05, 0) is 38.5 Å². The highest BCUT2D eigenvalue weighted by Crippen LogP contribution is 2.46. The van der Waals surface area contributed by atoms with Gasteiger partial charge in [0.05, 0.1) is 19.6 Å². The van der Waals surface area contributed by atoms with Crippen molar-refractivity contribution >= 4 is 11.9 Å². The maximum atomic E-state index is 12.2. The summed E-state index contributed by atoms with van der Waals surface area (Å²) in [6, 6.07) is 3.52. The van der Waals surface area contributed by atoms with Crippen molar-refractivity contribution in [1.82, 2.24) is 0 Å². The molecule has 142 valence electrons. The standard InChI is InChI=1S/C20H26O6/c1-7-13(4)19(22)26-17-8-14(5)16(23-6)9-15(17)20(11-25-20)10-24-18(21)12(2)3/h7-9,12H,10-11H2,1-6H3/t20-/m0/s1. The number of benzene rings is 1. The molecule has 1 aromatic rings. The summed E-state index contributed by atoms with van der Waals surface area (Å²) in [6.45, 7) is 9.29. The van der Waals surface area contributed by atoms with Crippen LogP contribution in [0.2, 0.25) is 0 Å². The Morgan fingerprint density at radius 1 is 1.31 bits per heavy atom. The third-order valence-electron chi connectivity index (χ3n) is 4.36. The molecule has 0 N–H and O–H groups in total. The third-order valence-corrected chi connectivity index (χ3v) is 4.36. The molecule has 1 aliphatic heterocycles. The number of hydrogen-bond acceptors (Lipinski definition) is 6. The fraction of sp³-hybridized carbons (Fsp3) is 0.500. The molecular formula is C20H26O6. The van der Waals surface area contributed by atoms with E-state index in [0.717, 1.165) is 5.56 Å². The molecule has 6 heteroatoms. The fourth-order valence-electron chi connectivity index (χ4n) is 2.38. The number of hydrogen-bond donors (Lipinski definition) is 0. The van der Waals surface area contributed by atoms with Gasteiger partial charge in [0.25, 0.3) is 0 Å². The normalized spacial score (nSPS) is 19.3. The highest BCUT2D eigenvalue weighted by atomic mass is 16.6. The Morgan fingerprint density at radius 2 is 1.96 bits per heavy atom. The Labute approximate surface area is 154 Å². The summed E-state index contributed by atoms with van der Waals surface area (Å²) < 4.78 is 21.9. The van der Waals surface area contributed by atoms with Gasteiger partial charge in [-0.1, -0.05) is 19.9 Å². The first-order chi connectivity index (χ1) is 12.2. The second-order valence-electron chi connectivity index (χ2n) is 6.72. The van der Waals surface area contributed by atoms with Gasteiger partial charge in [-0.2, -0.15) is 0 Å². The SMILES string of the molecule is CC=C(C)C(=O)Oc1cc(C)c(OC)cc1[C@]1(COC(=O)C(C)C)CO1. The molecule has 1 fully saturated rings. The molecule has 1 aromatic carbocycles. The Kier molecular flexibility index (Phi) is 6.08. The van der Waals surface area contributed by atoms with Crippen molar-refractivity contribution in [1.29, 1.82) is 0 Å². The van der Waals surface area contributed by atoms with Crippen LogP contribution in [-0.4, -0.2) is 32.3 Å². The molecule has 26 heavy (non-hydrogen) atoms. The van der Waals surface area contributed by atoms with Gasteiger partial charge in [-0.3, -0.25) is 4.79 Å². The zero-order chi connectivity index (χ0) is 19.5. The molecule has 0 saturated carbocycles. The molecule has 1 heterocycles. The first kappa shape index (κ1) is 20.0. The van der Waals surface area contributed by atoms with Gasteiger partial charge in [0.1, 0.15) is 18.1 Å². The number of epoxide rings is 1. The van der Waals surface area contributed by atoms with Crippen LogP contribution >= 0.6 is 0 Å². The van der Waals surface area contributed by atoms with Gasteiger partial charge >= 0.3 is 11.9 Å². The van der Waals surface area contributed by atoms with Crippen LogP contribution in [0.4, 0.5) is 0 Å². The third kappa shape index (κ3) is 4.25. The van der Waals surface area contributed by atoms with Gasteiger partial charge in [0.15, 0.2) is 5.60 Å². The molecule has 0 amide bonds. The topological polar surface area (TPSA) is 74.4 Å². The predicted octanol–water partition coefficient (Wildman–Crippen LogP) is 3.30. The predicted molar refractivity (Wildman–Crippen MR) is 96.2 cm³/mol. The van der Waals surface area contributed by atoms with Crippen molar-refractivity contribution in [3.8, 4) is 11.5 Å². The second-order valence-corrected chi connectivity index (χ2v) is 6.72. The van der Waals surface area contributed by atoms with Crippen LogP contribution in [0.15, 0.2) is 23.8 Å². The van der Waals surface area contributed by atoms with Crippen LogP contribution in [0.3, 0.4) is 0 Å². The lowest BCUT2D eigenvalue weighted by molar-refractivity contribution is -0.149. The largest absolute Gasteiger partial charge is 0.496 e.